The monoisotopic (exact) mass is 215 g/mol. The van der Waals surface area contributed by atoms with Crippen molar-refractivity contribution < 1.29 is 14.3 Å². The molecule has 0 amide bonds. The number of hydrogen-bond donors (Lipinski definition) is 0. The summed E-state index contributed by atoms with van der Waals surface area (Å²) in [5.41, 5.74) is 0. The molecule has 0 aromatic heterocycles. The second-order valence-corrected chi connectivity index (χ2v) is 3.53. The summed E-state index contributed by atoms with van der Waals surface area (Å²) < 4.78 is 10.2. The molecule has 0 aliphatic rings. The molecule has 0 rings (SSSR count). The zero-order chi connectivity index (χ0) is 11.4. The number of rotatable bonds is 10. The second kappa shape index (κ2) is 11.5. The Labute approximate surface area is 93.1 Å². The highest BCUT2D eigenvalue weighted by molar-refractivity contribution is 5.65. The maximum Gasteiger partial charge on any atom is 0.302 e. The molecule has 0 aliphatic heterocycles. The zero-order valence-electron chi connectivity index (χ0n) is 9.96. The third kappa shape index (κ3) is 13.4. The van der Waals surface area contributed by atoms with E-state index in [0.717, 1.165) is 45.3 Å². The Bertz CT molecular complexity index is 146. The molecule has 0 saturated heterocycles. The van der Waals surface area contributed by atoms with Gasteiger partial charge in [-0.15, -0.1) is 0 Å². The molecular formula is C12H23O3. The fourth-order valence-electron chi connectivity index (χ4n) is 1.17. The van der Waals surface area contributed by atoms with Crippen LogP contribution in [0.15, 0.2) is 0 Å². The fraction of sp³-hybridized carbons (Fsp3) is 0.833. The highest BCUT2D eigenvalue weighted by Crippen LogP contribution is 2.02. The van der Waals surface area contributed by atoms with Crippen molar-refractivity contribution in [3.63, 3.8) is 0 Å². The zero-order valence-corrected chi connectivity index (χ0v) is 9.96. The summed E-state index contributed by atoms with van der Waals surface area (Å²) in [6, 6.07) is 0. The van der Waals surface area contributed by atoms with Gasteiger partial charge in [0, 0.05) is 20.1 Å². The van der Waals surface area contributed by atoms with E-state index in [1.165, 1.54) is 6.92 Å². The van der Waals surface area contributed by atoms with Crippen molar-refractivity contribution in [2.45, 2.75) is 46.0 Å². The van der Waals surface area contributed by atoms with Crippen LogP contribution in [0.25, 0.3) is 0 Å². The first-order chi connectivity index (χ1) is 7.27. The number of unbranched alkanes of at least 4 members (excludes halogenated alkanes) is 4. The van der Waals surface area contributed by atoms with Crippen molar-refractivity contribution in [2.75, 3.05) is 19.8 Å². The molecule has 89 valence electrons. The Morgan fingerprint density at radius 3 is 2.60 bits per heavy atom. The summed E-state index contributed by atoms with van der Waals surface area (Å²) in [5.74, 6) is -0.198. The van der Waals surface area contributed by atoms with E-state index >= 15 is 0 Å². The minimum absolute atomic E-state index is 0.198. The van der Waals surface area contributed by atoms with Crippen LogP contribution in [0.3, 0.4) is 0 Å². The van der Waals surface area contributed by atoms with Gasteiger partial charge in [-0.3, -0.25) is 4.79 Å². The van der Waals surface area contributed by atoms with Crippen LogP contribution < -0.4 is 0 Å². The maximum atomic E-state index is 10.4. The summed E-state index contributed by atoms with van der Waals surface area (Å²) in [5, 5.41) is 0. The number of esters is 1. The van der Waals surface area contributed by atoms with Crippen LogP contribution in [0, 0.1) is 6.42 Å². The summed E-state index contributed by atoms with van der Waals surface area (Å²) >= 11 is 0. The molecule has 0 aromatic rings. The molecule has 3 heteroatoms. The lowest BCUT2D eigenvalue weighted by Crippen LogP contribution is -2.00. The Kier molecular flexibility index (Phi) is 11.1. The van der Waals surface area contributed by atoms with Crippen molar-refractivity contribution in [2.24, 2.45) is 0 Å². The molecule has 0 bridgehead atoms. The van der Waals surface area contributed by atoms with Crippen molar-refractivity contribution in [1.82, 2.24) is 0 Å². The normalized spacial score (nSPS) is 10.3. The highest BCUT2D eigenvalue weighted by atomic mass is 16.5. The SMILES string of the molecule is CCCOCCCC[CH]CCOC(C)=O. The van der Waals surface area contributed by atoms with Crippen LogP contribution in [0.2, 0.25) is 0 Å². The van der Waals surface area contributed by atoms with E-state index in [1.54, 1.807) is 0 Å². The molecule has 0 aromatic carbocycles. The van der Waals surface area contributed by atoms with Crippen LogP contribution in [0.5, 0.6) is 0 Å². The first-order valence-corrected chi connectivity index (χ1v) is 5.80. The Morgan fingerprint density at radius 2 is 1.93 bits per heavy atom. The van der Waals surface area contributed by atoms with Gasteiger partial charge < -0.3 is 9.47 Å². The van der Waals surface area contributed by atoms with Crippen LogP contribution in [0.4, 0.5) is 0 Å². The largest absolute Gasteiger partial charge is 0.466 e. The maximum absolute atomic E-state index is 10.4. The van der Waals surface area contributed by atoms with Gasteiger partial charge in [-0.05, 0) is 32.1 Å². The minimum atomic E-state index is -0.198. The third-order valence-corrected chi connectivity index (χ3v) is 1.92. The Balaban J connectivity index is 2.89. The average molecular weight is 215 g/mol. The predicted octanol–water partition coefficient (Wildman–Crippen LogP) is 2.74. The van der Waals surface area contributed by atoms with Gasteiger partial charge in [-0.2, -0.15) is 0 Å². The van der Waals surface area contributed by atoms with Gasteiger partial charge in [-0.25, -0.2) is 0 Å². The van der Waals surface area contributed by atoms with Gasteiger partial charge in [0.2, 0.25) is 0 Å². The summed E-state index contributed by atoms with van der Waals surface area (Å²) in [4.78, 5) is 10.4. The summed E-state index contributed by atoms with van der Waals surface area (Å²) in [6.45, 7) is 5.80. The molecule has 0 saturated carbocycles. The molecule has 0 atom stereocenters. The standard InChI is InChI=1S/C12H23O3/c1-3-9-14-10-7-5-4-6-8-11-15-12(2)13/h6H,3-5,7-11H2,1-2H3. The van der Waals surface area contributed by atoms with Crippen molar-refractivity contribution in [3.8, 4) is 0 Å². The minimum Gasteiger partial charge on any atom is -0.466 e. The number of carbonyl (C=O) groups is 1. The van der Waals surface area contributed by atoms with Gasteiger partial charge in [-0.1, -0.05) is 13.3 Å². The van der Waals surface area contributed by atoms with Gasteiger partial charge >= 0.3 is 5.97 Å². The van der Waals surface area contributed by atoms with E-state index in [-0.39, 0.29) is 5.97 Å². The fourth-order valence-corrected chi connectivity index (χ4v) is 1.17. The van der Waals surface area contributed by atoms with Crippen LogP contribution >= 0.6 is 0 Å². The number of carbonyl (C=O) groups excluding carboxylic acids is 1. The molecule has 0 unspecified atom stereocenters. The molecule has 0 spiro atoms. The lowest BCUT2D eigenvalue weighted by Gasteiger charge is -2.03. The van der Waals surface area contributed by atoms with Crippen molar-refractivity contribution in [3.05, 3.63) is 6.42 Å². The first-order valence-electron chi connectivity index (χ1n) is 5.80. The van der Waals surface area contributed by atoms with E-state index in [2.05, 4.69) is 13.3 Å². The topological polar surface area (TPSA) is 35.5 Å². The van der Waals surface area contributed by atoms with Gasteiger partial charge in [0.1, 0.15) is 0 Å². The second-order valence-electron chi connectivity index (χ2n) is 3.53. The average Bonchev–Trinajstić information content (AvgIpc) is 2.20. The van der Waals surface area contributed by atoms with Crippen molar-refractivity contribution in [1.29, 1.82) is 0 Å². The molecular weight excluding hydrogens is 192 g/mol. The first kappa shape index (κ1) is 14.4. The quantitative estimate of drug-likeness (QED) is 0.415. The van der Waals surface area contributed by atoms with Crippen LogP contribution in [-0.2, 0) is 14.3 Å². The van der Waals surface area contributed by atoms with Gasteiger partial charge in [0.25, 0.3) is 0 Å². The van der Waals surface area contributed by atoms with E-state index in [1.807, 2.05) is 0 Å². The predicted molar refractivity (Wildman–Crippen MR) is 60.5 cm³/mol. The molecule has 0 fully saturated rings. The van der Waals surface area contributed by atoms with E-state index in [0.29, 0.717) is 6.61 Å². The number of hydrogen-bond acceptors (Lipinski definition) is 3. The molecule has 0 N–H and O–H groups in total. The van der Waals surface area contributed by atoms with E-state index < -0.39 is 0 Å². The molecule has 1 radical (unpaired) electrons. The summed E-state index contributed by atoms with van der Waals surface area (Å²) in [6.07, 6.45) is 7.47. The highest BCUT2D eigenvalue weighted by Gasteiger charge is 1.94. The molecule has 0 aliphatic carbocycles. The van der Waals surface area contributed by atoms with E-state index in [9.17, 15) is 4.79 Å². The van der Waals surface area contributed by atoms with Gasteiger partial charge in [0.15, 0.2) is 0 Å². The third-order valence-electron chi connectivity index (χ3n) is 1.92. The summed E-state index contributed by atoms with van der Waals surface area (Å²) in [7, 11) is 0. The van der Waals surface area contributed by atoms with E-state index in [4.69, 9.17) is 9.47 Å². The smallest absolute Gasteiger partial charge is 0.302 e. The lowest BCUT2D eigenvalue weighted by atomic mass is 10.1. The van der Waals surface area contributed by atoms with Crippen molar-refractivity contribution >= 4 is 5.97 Å². The Morgan fingerprint density at radius 1 is 1.13 bits per heavy atom. The molecule has 0 heterocycles. The van der Waals surface area contributed by atoms with Crippen LogP contribution in [0.1, 0.15) is 46.0 Å². The molecule has 15 heavy (non-hydrogen) atoms. The Hall–Kier alpha value is -0.570. The number of ether oxygens (including phenoxy) is 2. The van der Waals surface area contributed by atoms with Crippen LogP contribution in [-0.4, -0.2) is 25.8 Å². The lowest BCUT2D eigenvalue weighted by molar-refractivity contribution is -0.140. The molecule has 3 nitrogen and oxygen atoms in total. The van der Waals surface area contributed by atoms with Gasteiger partial charge in [0.05, 0.1) is 6.61 Å².